The molecule has 0 aliphatic heterocycles. The third-order valence-corrected chi connectivity index (χ3v) is 4.95. The van der Waals surface area contributed by atoms with E-state index in [1.165, 1.54) is 21.2 Å². The molecule has 0 atom stereocenters. The van der Waals surface area contributed by atoms with Crippen LogP contribution in [0, 0.1) is 0 Å². The molecule has 1 heterocycles. The van der Waals surface area contributed by atoms with Crippen LogP contribution in [0.1, 0.15) is 11.1 Å². The molecule has 2 aromatic carbocycles. The second-order valence-electron chi connectivity index (χ2n) is 4.84. The Morgan fingerprint density at radius 3 is 2.86 bits per heavy atom. The van der Waals surface area contributed by atoms with Crippen LogP contribution in [0.15, 0.2) is 52.3 Å². The molecule has 2 nitrogen and oxygen atoms in total. The third-order valence-electron chi connectivity index (χ3n) is 3.32. The van der Waals surface area contributed by atoms with Crippen molar-refractivity contribution in [1.82, 2.24) is 5.32 Å². The fraction of sp³-hybridized carbons (Fsp3) is 0.176. The van der Waals surface area contributed by atoms with Gasteiger partial charge in [0.1, 0.15) is 12.4 Å². The maximum absolute atomic E-state index is 5.96. The predicted octanol–water partition coefficient (Wildman–Crippen LogP) is 4.96. The Hall–Kier alpha value is -1.36. The first-order valence-corrected chi connectivity index (χ1v) is 8.46. The monoisotopic (exact) mass is 361 g/mol. The molecule has 21 heavy (non-hydrogen) atoms. The number of ether oxygens (including phenoxy) is 1. The zero-order chi connectivity index (χ0) is 14.7. The van der Waals surface area contributed by atoms with Gasteiger partial charge >= 0.3 is 0 Å². The van der Waals surface area contributed by atoms with Crippen LogP contribution < -0.4 is 10.1 Å². The molecule has 3 aromatic rings. The first-order valence-electron chi connectivity index (χ1n) is 6.79. The van der Waals surface area contributed by atoms with Gasteiger partial charge in [0, 0.05) is 16.8 Å². The Morgan fingerprint density at radius 1 is 1.19 bits per heavy atom. The maximum Gasteiger partial charge on any atom is 0.134 e. The average Bonchev–Trinajstić information content (AvgIpc) is 2.90. The number of rotatable bonds is 5. The van der Waals surface area contributed by atoms with Gasteiger partial charge in [-0.15, -0.1) is 11.3 Å². The zero-order valence-electron chi connectivity index (χ0n) is 11.7. The van der Waals surface area contributed by atoms with E-state index in [0.29, 0.717) is 6.61 Å². The molecule has 0 bridgehead atoms. The average molecular weight is 362 g/mol. The summed E-state index contributed by atoms with van der Waals surface area (Å²) in [5.74, 6) is 0.880. The van der Waals surface area contributed by atoms with Gasteiger partial charge in [-0.05, 0) is 57.5 Å². The fourth-order valence-electron chi connectivity index (χ4n) is 2.28. The van der Waals surface area contributed by atoms with E-state index in [4.69, 9.17) is 4.74 Å². The van der Waals surface area contributed by atoms with E-state index in [2.05, 4.69) is 63.0 Å². The largest absolute Gasteiger partial charge is 0.488 e. The smallest absolute Gasteiger partial charge is 0.134 e. The molecule has 3 rings (SSSR count). The van der Waals surface area contributed by atoms with Gasteiger partial charge < -0.3 is 10.1 Å². The Kier molecular flexibility index (Phi) is 4.58. The number of hydrogen-bond donors (Lipinski definition) is 1. The molecular weight excluding hydrogens is 346 g/mol. The van der Waals surface area contributed by atoms with E-state index >= 15 is 0 Å². The summed E-state index contributed by atoms with van der Waals surface area (Å²) in [5, 5.41) is 6.60. The van der Waals surface area contributed by atoms with Gasteiger partial charge in [-0.25, -0.2) is 0 Å². The van der Waals surface area contributed by atoms with E-state index in [1.807, 2.05) is 13.1 Å². The SMILES string of the molecule is CNCc1ccc(OCc2csc3ccccc23)c(Br)c1. The number of halogens is 1. The van der Waals surface area contributed by atoms with Gasteiger partial charge in [0.2, 0.25) is 0 Å². The maximum atomic E-state index is 5.96. The lowest BCUT2D eigenvalue weighted by Gasteiger charge is -2.09. The minimum absolute atomic E-state index is 0.591. The molecule has 0 saturated carbocycles. The van der Waals surface area contributed by atoms with Gasteiger partial charge in [-0.1, -0.05) is 24.3 Å². The molecule has 1 N–H and O–H groups in total. The van der Waals surface area contributed by atoms with Crippen molar-refractivity contribution >= 4 is 37.4 Å². The molecule has 0 aliphatic rings. The number of fused-ring (bicyclic) bond motifs is 1. The fourth-order valence-corrected chi connectivity index (χ4v) is 3.76. The molecule has 1 aromatic heterocycles. The van der Waals surface area contributed by atoms with E-state index in [-0.39, 0.29) is 0 Å². The van der Waals surface area contributed by atoms with Crippen LogP contribution >= 0.6 is 27.3 Å². The highest BCUT2D eigenvalue weighted by molar-refractivity contribution is 9.10. The van der Waals surface area contributed by atoms with Crippen molar-refractivity contribution < 1.29 is 4.74 Å². The minimum atomic E-state index is 0.591. The van der Waals surface area contributed by atoms with E-state index in [1.54, 1.807) is 11.3 Å². The summed E-state index contributed by atoms with van der Waals surface area (Å²) in [6.07, 6.45) is 0. The molecule has 0 spiro atoms. The summed E-state index contributed by atoms with van der Waals surface area (Å²) in [6, 6.07) is 14.6. The Bertz CT molecular complexity index is 753. The quantitative estimate of drug-likeness (QED) is 0.693. The molecule has 0 fully saturated rings. The number of thiophene rings is 1. The molecule has 4 heteroatoms. The lowest BCUT2D eigenvalue weighted by Crippen LogP contribution is -2.05. The highest BCUT2D eigenvalue weighted by Crippen LogP contribution is 2.30. The lowest BCUT2D eigenvalue weighted by molar-refractivity contribution is 0.306. The second-order valence-corrected chi connectivity index (χ2v) is 6.61. The molecule has 108 valence electrons. The lowest BCUT2D eigenvalue weighted by atomic mass is 10.2. The van der Waals surface area contributed by atoms with Crippen molar-refractivity contribution in [2.45, 2.75) is 13.2 Å². The highest BCUT2D eigenvalue weighted by Gasteiger charge is 2.06. The summed E-state index contributed by atoms with van der Waals surface area (Å²) in [5.41, 5.74) is 2.47. The Morgan fingerprint density at radius 2 is 2.05 bits per heavy atom. The highest BCUT2D eigenvalue weighted by atomic mass is 79.9. The van der Waals surface area contributed by atoms with Crippen molar-refractivity contribution in [3.8, 4) is 5.75 Å². The summed E-state index contributed by atoms with van der Waals surface area (Å²) in [6.45, 7) is 1.45. The molecule has 0 unspecified atom stereocenters. The normalized spacial score (nSPS) is 11.0. The van der Waals surface area contributed by atoms with Gasteiger partial charge in [0.05, 0.1) is 4.47 Å². The number of nitrogens with one attached hydrogen (secondary N) is 1. The van der Waals surface area contributed by atoms with Crippen LogP contribution in [-0.2, 0) is 13.2 Å². The third kappa shape index (κ3) is 3.28. The predicted molar refractivity (Wildman–Crippen MR) is 93.1 cm³/mol. The van der Waals surface area contributed by atoms with E-state index in [9.17, 15) is 0 Å². The molecule has 0 radical (unpaired) electrons. The van der Waals surface area contributed by atoms with Crippen LogP contribution in [0.4, 0.5) is 0 Å². The van der Waals surface area contributed by atoms with Crippen molar-refractivity contribution in [2.24, 2.45) is 0 Å². The van der Waals surface area contributed by atoms with Gasteiger partial charge in [-0.2, -0.15) is 0 Å². The van der Waals surface area contributed by atoms with Gasteiger partial charge in [-0.3, -0.25) is 0 Å². The van der Waals surface area contributed by atoms with Crippen molar-refractivity contribution in [1.29, 1.82) is 0 Å². The standard InChI is InChI=1S/C17H16BrNOS/c1-19-9-12-6-7-16(15(18)8-12)20-10-13-11-21-17-5-3-2-4-14(13)17/h2-8,11,19H,9-10H2,1H3. The van der Waals surface area contributed by atoms with E-state index in [0.717, 1.165) is 16.8 Å². The van der Waals surface area contributed by atoms with E-state index < -0.39 is 0 Å². The molecule has 0 aliphatic carbocycles. The van der Waals surface area contributed by atoms with Crippen molar-refractivity contribution in [2.75, 3.05) is 7.05 Å². The first-order chi connectivity index (χ1) is 10.3. The van der Waals surface area contributed by atoms with Crippen molar-refractivity contribution in [3.63, 3.8) is 0 Å². The Labute approximate surface area is 136 Å². The molecule has 0 amide bonds. The zero-order valence-corrected chi connectivity index (χ0v) is 14.1. The van der Waals surface area contributed by atoms with Crippen LogP contribution in [-0.4, -0.2) is 7.05 Å². The van der Waals surface area contributed by atoms with Crippen LogP contribution in [0.2, 0.25) is 0 Å². The van der Waals surface area contributed by atoms with Gasteiger partial charge in [0.15, 0.2) is 0 Å². The number of benzene rings is 2. The Balaban J connectivity index is 1.75. The van der Waals surface area contributed by atoms with Crippen LogP contribution in [0.3, 0.4) is 0 Å². The summed E-state index contributed by atoms with van der Waals surface area (Å²) in [4.78, 5) is 0. The molecular formula is C17H16BrNOS. The van der Waals surface area contributed by atoms with Crippen LogP contribution in [0.25, 0.3) is 10.1 Å². The number of hydrogen-bond acceptors (Lipinski definition) is 3. The summed E-state index contributed by atoms with van der Waals surface area (Å²) >= 11 is 5.34. The topological polar surface area (TPSA) is 21.3 Å². The summed E-state index contributed by atoms with van der Waals surface area (Å²) < 4.78 is 8.26. The summed E-state index contributed by atoms with van der Waals surface area (Å²) in [7, 11) is 1.94. The second kappa shape index (κ2) is 6.60. The first kappa shape index (κ1) is 14.6. The molecule has 0 saturated heterocycles. The van der Waals surface area contributed by atoms with Crippen LogP contribution in [0.5, 0.6) is 5.75 Å². The minimum Gasteiger partial charge on any atom is -0.488 e. The van der Waals surface area contributed by atoms with Crippen molar-refractivity contribution in [3.05, 3.63) is 63.4 Å². The van der Waals surface area contributed by atoms with Gasteiger partial charge in [0.25, 0.3) is 0 Å².